The van der Waals surface area contributed by atoms with E-state index in [1.54, 1.807) is 6.92 Å². The van der Waals surface area contributed by atoms with E-state index in [0.717, 1.165) is 16.9 Å². The Kier molecular flexibility index (Phi) is 1.77. The molecule has 1 aliphatic heterocycles. The Hall–Kier alpha value is -1.18. The van der Waals surface area contributed by atoms with Crippen molar-refractivity contribution in [3.05, 3.63) is 23.4 Å². The van der Waals surface area contributed by atoms with Gasteiger partial charge in [-0.3, -0.25) is 4.79 Å². The van der Waals surface area contributed by atoms with Crippen molar-refractivity contribution >= 4 is 11.5 Å². The Morgan fingerprint density at radius 3 is 2.27 bits per heavy atom. The Morgan fingerprint density at radius 1 is 1.18 bits per heavy atom. The molecule has 2 heteroatoms. The van der Waals surface area contributed by atoms with Crippen LogP contribution in [0.3, 0.4) is 0 Å². The van der Waals surface area contributed by atoms with Crippen LogP contribution in [-0.2, 0) is 4.79 Å². The van der Waals surface area contributed by atoms with E-state index < -0.39 is 0 Å². The maximum atomic E-state index is 11.2. The molecule has 0 aliphatic carbocycles. The number of Topliss-reactive ketones (excluding diaryl/α,β-unsaturated/α-hetero) is 1. The number of allylic oxidation sites excluding steroid dienone is 2. The third kappa shape index (κ3) is 1.16. The minimum Gasteiger partial charge on any atom is -0.287 e. The van der Waals surface area contributed by atoms with Crippen LogP contribution in [0.15, 0.2) is 28.4 Å². The highest BCUT2D eigenvalue weighted by Crippen LogP contribution is 2.17. The number of carbonyl (C=O) groups excluding carboxylic acids is 1. The van der Waals surface area contributed by atoms with Gasteiger partial charge in [-0.1, -0.05) is 6.58 Å². The lowest BCUT2D eigenvalue weighted by molar-refractivity contribution is -0.112. The van der Waals surface area contributed by atoms with Crippen LogP contribution in [0, 0.1) is 0 Å². The Morgan fingerprint density at radius 2 is 1.73 bits per heavy atom. The van der Waals surface area contributed by atoms with Crippen molar-refractivity contribution in [2.75, 3.05) is 0 Å². The lowest BCUT2D eigenvalue weighted by Crippen LogP contribution is -2.13. The second-order valence-electron chi connectivity index (χ2n) is 2.72. The van der Waals surface area contributed by atoms with Gasteiger partial charge < -0.3 is 0 Å². The van der Waals surface area contributed by atoms with Crippen LogP contribution >= 0.6 is 0 Å². The molecule has 1 heterocycles. The lowest BCUT2D eigenvalue weighted by Gasteiger charge is -2.12. The fraction of sp³-hybridized carbons (Fsp3) is 0.333. The zero-order valence-corrected chi connectivity index (χ0v) is 7.06. The Labute approximate surface area is 66.3 Å². The molecule has 0 amide bonds. The number of hydrogen-bond acceptors (Lipinski definition) is 2. The first-order valence-electron chi connectivity index (χ1n) is 3.50. The molecule has 0 fully saturated rings. The molecule has 0 aromatic rings. The van der Waals surface area contributed by atoms with Gasteiger partial charge in [0, 0.05) is 11.3 Å². The van der Waals surface area contributed by atoms with Gasteiger partial charge in [-0.2, -0.15) is 0 Å². The molecule has 0 aromatic carbocycles. The zero-order chi connectivity index (χ0) is 8.59. The van der Waals surface area contributed by atoms with Crippen molar-refractivity contribution in [2.45, 2.75) is 20.8 Å². The summed E-state index contributed by atoms with van der Waals surface area (Å²) in [5, 5.41) is 0. The summed E-state index contributed by atoms with van der Waals surface area (Å²) in [4.78, 5) is 15.2. The summed E-state index contributed by atoms with van der Waals surface area (Å²) in [6.07, 6.45) is 0. The minimum absolute atomic E-state index is 0.0342. The van der Waals surface area contributed by atoms with Crippen LogP contribution in [0.25, 0.3) is 0 Å². The highest BCUT2D eigenvalue weighted by atomic mass is 16.1. The summed E-state index contributed by atoms with van der Waals surface area (Å²) < 4.78 is 0. The highest BCUT2D eigenvalue weighted by molar-refractivity contribution is 6.18. The average molecular weight is 149 g/mol. The maximum absolute atomic E-state index is 11.2. The molecule has 0 radical (unpaired) electrons. The molecule has 2 nitrogen and oxygen atoms in total. The minimum atomic E-state index is -0.0342. The van der Waals surface area contributed by atoms with Gasteiger partial charge in [-0.25, -0.2) is 4.99 Å². The molecule has 11 heavy (non-hydrogen) atoms. The van der Waals surface area contributed by atoms with E-state index in [1.807, 2.05) is 13.8 Å². The fourth-order valence-corrected chi connectivity index (χ4v) is 0.995. The fourth-order valence-electron chi connectivity index (χ4n) is 0.995. The monoisotopic (exact) mass is 149 g/mol. The topological polar surface area (TPSA) is 29.4 Å². The molecule has 58 valence electrons. The average Bonchev–Trinajstić information content (AvgIpc) is 1.97. The van der Waals surface area contributed by atoms with Crippen molar-refractivity contribution in [3.8, 4) is 0 Å². The summed E-state index contributed by atoms with van der Waals surface area (Å²) >= 11 is 0. The standard InChI is InChI=1S/C9H11NO/c1-5-6(2)9(11)8(4)10-7(5)3/h4H2,1-3H3. The first-order chi connectivity index (χ1) is 5.04. The number of carbonyl (C=O) groups is 1. The van der Waals surface area contributed by atoms with E-state index in [-0.39, 0.29) is 5.78 Å². The number of ketones is 1. The molecule has 0 atom stereocenters. The molecule has 0 aromatic heterocycles. The first-order valence-corrected chi connectivity index (χ1v) is 3.50. The Balaban J connectivity index is 3.22. The van der Waals surface area contributed by atoms with Crippen molar-refractivity contribution in [1.29, 1.82) is 0 Å². The molecule has 1 aliphatic rings. The predicted molar refractivity (Wildman–Crippen MR) is 45.6 cm³/mol. The maximum Gasteiger partial charge on any atom is 0.206 e. The summed E-state index contributed by atoms with van der Waals surface area (Å²) in [6.45, 7) is 9.15. The number of nitrogens with zero attached hydrogens (tertiary/aromatic N) is 1. The quantitative estimate of drug-likeness (QED) is 0.483. The zero-order valence-electron chi connectivity index (χ0n) is 7.06. The van der Waals surface area contributed by atoms with Crippen LogP contribution in [0.1, 0.15) is 20.8 Å². The van der Waals surface area contributed by atoms with E-state index in [2.05, 4.69) is 11.6 Å². The number of rotatable bonds is 0. The van der Waals surface area contributed by atoms with E-state index >= 15 is 0 Å². The third-order valence-electron chi connectivity index (χ3n) is 2.01. The van der Waals surface area contributed by atoms with Gasteiger partial charge in [0.05, 0.1) is 0 Å². The van der Waals surface area contributed by atoms with Crippen LogP contribution < -0.4 is 0 Å². The van der Waals surface area contributed by atoms with Gasteiger partial charge in [-0.15, -0.1) is 0 Å². The number of hydrogen-bond donors (Lipinski definition) is 0. The Bertz CT molecular complexity index is 295. The van der Waals surface area contributed by atoms with Crippen LogP contribution in [0.4, 0.5) is 0 Å². The summed E-state index contributed by atoms with van der Waals surface area (Å²) in [6, 6.07) is 0. The van der Waals surface area contributed by atoms with Crippen LogP contribution in [-0.4, -0.2) is 11.5 Å². The molecule has 0 unspecified atom stereocenters. The van der Waals surface area contributed by atoms with Gasteiger partial charge >= 0.3 is 0 Å². The number of dihydropyridines is 1. The molecular weight excluding hydrogens is 138 g/mol. The van der Waals surface area contributed by atoms with Crippen molar-refractivity contribution in [3.63, 3.8) is 0 Å². The molecule has 0 spiro atoms. The second-order valence-corrected chi connectivity index (χ2v) is 2.72. The number of aliphatic imine (C=N–C) groups is 1. The molecule has 0 N–H and O–H groups in total. The van der Waals surface area contributed by atoms with E-state index in [9.17, 15) is 4.79 Å². The van der Waals surface area contributed by atoms with Crippen LogP contribution in [0.2, 0.25) is 0 Å². The van der Waals surface area contributed by atoms with Crippen LogP contribution in [0.5, 0.6) is 0 Å². The van der Waals surface area contributed by atoms with Gasteiger partial charge in [0.1, 0.15) is 5.70 Å². The summed E-state index contributed by atoms with van der Waals surface area (Å²) in [5.41, 5.74) is 2.99. The lowest BCUT2D eigenvalue weighted by atomic mass is 9.99. The molecule has 0 bridgehead atoms. The predicted octanol–water partition coefficient (Wildman–Crippen LogP) is 1.88. The van der Waals surface area contributed by atoms with Crippen molar-refractivity contribution < 1.29 is 4.79 Å². The van der Waals surface area contributed by atoms with E-state index in [4.69, 9.17) is 0 Å². The normalized spacial score (nSPS) is 19.0. The first kappa shape index (κ1) is 7.92. The third-order valence-corrected chi connectivity index (χ3v) is 2.01. The van der Waals surface area contributed by atoms with Gasteiger partial charge in [-0.05, 0) is 26.3 Å². The molecule has 1 rings (SSSR count). The van der Waals surface area contributed by atoms with Crippen molar-refractivity contribution in [2.24, 2.45) is 4.99 Å². The largest absolute Gasteiger partial charge is 0.287 e. The summed E-state index contributed by atoms with van der Waals surface area (Å²) in [5.74, 6) is -0.0342. The van der Waals surface area contributed by atoms with E-state index in [0.29, 0.717) is 5.70 Å². The van der Waals surface area contributed by atoms with Gasteiger partial charge in [0.15, 0.2) is 0 Å². The van der Waals surface area contributed by atoms with Gasteiger partial charge in [0.2, 0.25) is 5.78 Å². The van der Waals surface area contributed by atoms with E-state index in [1.165, 1.54) is 0 Å². The SMILES string of the molecule is C=C1N=C(C)C(C)=C(C)C1=O. The van der Waals surface area contributed by atoms with Gasteiger partial charge in [0.25, 0.3) is 0 Å². The van der Waals surface area contributed by atoms with Crippen molar-refractivity contribution in [1.82, 2.24) is 0 Å². The molecular formula is C9H11NO. The highest BCUT2D eigenvalue weighted by Gasteiger charge is 2.17. The summed E-state index contributed by atoms with van der Waals surface area (Å²) in [7, 11) is 0. The molecule has 0 saturated carbocycles. The second kappa shape index (κ2) is 2.46. The smallest absolute Gasteiger partial charge is 0.206 e. The molecule has 0 saturated heterocycles.